The molecule has 0 spiro atoms. The van der Waals surface area contributed by atoms with Gasteiger partial charge in [-0.05, 0) is 12.1 Å². The van der Waals surface area contributed by atoms with Crippen molar-refractivity contribution in [2.24, 2.45) is 12.8 Å². The molecule has 0 saturated carbocycles. The number of hydrogen-bond donors (Lipinski definition) is 2. The SMILES string of the molecule is Cn1ccc2c(F)c(-c3n[nH]nc3C(N)=O)c(F)cc21. The normalized spacial score (nSPS) is 11.2. The van der Waals surface area contributed by atoms with Crippen LogP contribution in [0.3, 0.4) is 0 Å². The van der Waals surface area contributed by atoms with E-state index in [1.54, 1.807) is 17.8 Å². The molecule has 102 valence electrons. The highest BCUT2D eigenvalue weighted by Gasteiger charge is 2.24. The Morgan fingerprint density at radius 1 is 1.40 bits per heavy atom. The molecule has 0 atom stereocenters. The molecule has 0 saturated heterocycles. The molecule has 0 fully saturated rings. The number of amides is 1. The van der Waals surface area contributed by atoms with Crippen molar-refractivity contribution in [2.45, 2.75) is 0 Å². The van der Waals surface area contributed by atoms with Crippen molar-refractivity contribution in [2.75, 3.05) is 0 Å². The van der Waals surface area contributed by atoms with E-state index in [0.717, 1.165) is 0 Å². The van der Waals surface area contributed by atoms with Crippen LogP contribution in [0.25, 0.3) is 22.2 Å². The number of carbonyl (C=O) groups is 1. The van der Waals surface area contributed by atoms with Gasteiger partial charge in [-0.15, -0.1) is 0 Å². The molecule has 3 aromatic rings. The van der Waals surface area contributed by atoms with Crippen molar-refractivity contribution in [3.05, 3.63) is 35.7 Å². The number of fused-ring (bicyclic) bond motifs is 1. The number of nitrogens with two attached hydrogens (primary N) is 1. The number of primary amides is 1. The lowest BCUT2D eigenvalue weighted by molar-refractivity contribution is 0.0996. The maximum absolute atomic E-state index is 14.5. The number of benzene rings is 1. The number of nitrogens with zero attached hydrogens (tertiary/aromatic N) is 3. The van der Waals surface area contributed by atoms with Gasteiger partial charge in [0.2, 0.25) is 0 Å². The third kappa shape index (κ3) is 1.58. The fraction of sp³-hybridized carbons (Fsp3) is 0.0833. The number of nitrogens with one attached hydrogen (secondary N) is 1. The molecule has 0 aliphatic heterocycles. The first-order valence-corrected chi connectivity index (χ1v) is 5.64. The Bertz CT molecular complexity index is 836. The molecular formula is C12H9F2N5O. The molecule has 0 aliphatic rings. The van der Waals surface area contributed by atoms with Crippen LogP contribution < -0.4 is 5.73 Å². The highest BCUT2D eigenvalue weighted by Crippen LogP contribution is 2.32. The number of aromatic nitrogens is 4. The first-order valence-electron chi connectivity index (χ1n) is 5.64. The van der Waals surface area contributed by atoms with Gasteiger partial charge in [-0.25, -0.2) is 8.78 Å². The minimum atomic E-state index is -0.916. The van der Waals surface area contributed by atoms with Crippen molar-refractivity contribution < 1.29 is 13.6 Å². The number of aromatic amines is 1. The summed E-state index contributed by atoms with van der Waals surface area (Å²) in [5, 5.41) is 9.50. The van der Waals surface area contributed by atoms with Gasteiger partial charge >= 0.3 is 0 Å². The van der Waals surface area contributed by atoms with Crippen LogP contribution >= 0.6 is 0 Å². The Balaban J connectivity index is 2.36. The summed E-state index contributed by atoms with van der Waals surface area (Å²) in [6.45, 7) is 0. The minimum absolute atomic E-state index is 0.224. The van der Waals surface area contributed by atoms with Crippen LogP contribution in [0.15, 0.2) is 18.3 Å². The van der Waals surface area contributed by atoms with E-state index in [1.807, 2.05) is 0 Å². The summed E-state index contributed by atoms with van der Waals surface area (Å²) in [7, 11) is 1.67. The lowest BCUT2D eigenvalue weighted by Crippen LogP contribution is -2.13. The van der Waals surface area contributed by atoms with Crippen molar-refractivity contribution >= 4 is 16.8 Å². The van der Waals surface area contributed by atoms with E-state index < -0.39 is 23.1 Å². The van der Waals surface area contributed by atoms with Gasteiger partial charge in [0, 0.05) is 18.6 Å². The third-order valence-electron chi connectivity index (χ3n) is 3.10. The van der Waals surface area contributed by atoms with Gasteiger partial charge in [0.05, 0.1) is 11.1 Å². The molecule has 2 aromatic heterocycles. The zero-order chi connectivity index (χ0) is 14.4. The number of halogens is 2. The molecule has 3 N–H and O–H groups in total. The van der Waals surface area contributed by atoms with Gasteiger partial charge in [-0.1, -0.05) is 0 Å². The molecular weight excluding hydrogens is 268 g/mol. The highest BCUT2D eigenvalue weighted by atomic mass is 19.1. The molecule has 1 aromatic carbocycles. The molecule has 3 rings (SSSR count). The number of hydrogen-bond acceptors (Lipinski definition) is 3. The van der Waals surface area contributed by atoms with Gasteiger partial charge < -0.3 is 10.3 Å². The molecule has 1 amide bonds. The van der Waals surface area contributed by atoms with Crippen molar-refractivity contribution in [3.63, 3.8) is 0 Å². The first kappa shape index (κ1) is 12.3. The highest BCUT2D eigenvalue weighted by molar-refractivity contribution is 5.98. The van der Waals surface area contributed by atoms with Crippen LogP contribution in [0.4, 0.5) is 8.78 Å². The van der Waals surface area contributed by atoms with E-state index >= 15 is 0 Å². The van der Waals surface area contributed by atoms with E-state index in [4.69, 9.17) is 5.73 Å². The lowest BCUT2D eigenvalue weighted by atomic mass is 10.1. The second-order valence-electron chi connectivity index (χ2n) is 4.29. The quantitative estimate of drug-likeness (QED) is 0.740. The lowest BCUT2D eigenvalue weighted by Gasteiger charge is -2.05. The Labute approximate surface area is 111 Å². The monoisotopic (exact) mass is 277 g/mol. The topological polar surface area (TPSA) is 89.6 Å². The van der Waals surface area contributed by atoms with Crippen LogP contribution in [0.1, 0.15) is 10.5 Å². The fourth-order valence-corrected chi connectivity index (χ4v) is 2.13. The molecule has 6 nitrogen and oxygen atoms in total. The second kappa shape index (κ2) is 4.12. The van der Waals surface area contributed by atoms with E-state index in [9.17, 15) is 13.6 Å². The van der Waals surface area contributed by atoms with E-state index in [0.29, 0.717) is 5.52 Å². The number of carbonyl (C=O) groups excluding carboxylic acids is 1. The zero-order valence-electron chi connectivity index (χ0n) is 10.3. The van der Waals surface area contributed by atoms with Crippen molar-refractivity contribution in [3.8, 4) is 11.3 Å². The zero-order valence-corrected chi connectivity index (χ0v) is 10.3. The van der Waals surface area contributed by atoms with Gasteiger partial charge in [-0.3, -0.25) is 4.79 Å². The minimum Gasteiger partial charge on any atom is -0.364 e. The predicted octanol–water partition coefficient (Wildman–Crippen LogP) is 1.34. The van der Waals surface area contributed by atoms with E-state index in [1.165, 1.54) is 12.1 Å². The van der Waals surface area contributed by atoms with Crippen LogP contribution in [0, 0.1) is 11.6 Å². The van der Waals surface area contributed by atoms with Gasteiger partial charge in [0.15, 0.2) is 5.69 Å². The number of H-pyrrole nitrogens is 1. The number of aryl methyl sites for hydroxylation is 1. The Morgan fingerprint density at radius 2 is 2.15 bits per heavy atom. The summed E-state index contributed by atoms with van der Waals surface area (Å²) >= 11 is 0. The maximum atomic E-state index is 14.5. The summed E-state index contributed by atoms with van der Waals surface area (Å²) in [6, 6.07) is 2.69. The Hall–Kier alpha value is -2.77. The maximum Gasteiger partial charge on any atom is 0.271 e. The average Bonchev–Trinajstić information content (AvgIpc) is 2.98. The van der Waals surface area contributed by atoms with Crippen LogP contribution in [0.5, 0.6) is 0 Å². The molecule has 20 heavy (non-hydrogen) atoms. The molecule has 0 bridgehead atoms. The van der Waals surface area contributed by atoms with Crippen LogP contribution in [0.2, 0.25) is 0 Å². The van der Waals surface area contributed by atoms with Crippen molar-refractivity contribution in [1.29, 1.82) is 0 Å². The summed E-state index contributed by atoms with van der Waals surface area (Å²) < 4.78 is 30.2. The summed E-state index contributed by atoms with van der Waals surface area (Å²) in [5.74, 6) is -2.56. The van der Waals surface area contributed by atoms with Gasteiger partial charge in [0.25, 0.3) is 5.91 Å². The Morgan fingerprint density at radius 3 is 2.85 bits per heavy atom. The van der Waals surface area contributed by atoms with Gasteiger partial charge in [0.1, 0.15) is 17.3 Å². The van der Waals surface area contributed by atoms with E-state index in [-0.39, 0.29) is 16.8 Å². The molecule has 2 heterocycles. The standard InChI is InChI=1S/C12H9F2N5O/c1-19-3-2-5-7(19)4-6(13)8(9(5)14)10-11(12(15)20)17-18-16-10/h2-4H,1H3,(H2,15,20)(H,16,17,18). The summed E-state index contributed by atoms with van der Waals surface area (Å²) in [4.78, 5) is 11.2. The summed E-state index contributed by atoms with van der Waals surface area (Å²) in [5.41, 5.74) is 4.53. The van der Waals surface area contributed by atoms with Gasteiger partial charge in [-0.2, -0.15) is 15.4 Å². The number of rotatable bonds is 2. The molecule has 0 unspecified atom stereocenters. The van der Waals surface area contributed by atoms with E-state index in [2.05, 4.69) is 15.4 Å². The van der Waals surface area contributed by atoms with Crippen molar-refractivity contribution in [1.82, 2.24) is 20.0 Å². The fourth-order valence-electron chi connectivity index (χ4n) is 2.13. The predicted molar refractivity (Wildman–Crippen MR) is 66.7 cm³/mol. The van der Waals surface area contributed by atoms with Crippen LogP contribution in [-0.2, 0) is 7.05 Å². The second-order valence-corrected chi connectivity index (χ2v) is 4.29. The van der Waals surface area contributed by atoms with Crippen LogP contribution in [-0.4, -0.2) is 25.9 Å². The summed E-state index contributed by atoms with van der Waals surface area (Å²) in [6.07, 6.45) is 1.61. The molecule has 0 aliphatic carbocycles. The first-order chi connectivity index (χ1) is 9.50. The Kier molecular flexibility index (Phi) is 2.53. The largest absolute Gasteiger partial charge is 0.364 e. The molecule has 8 heteroatoms. The third-order valence-corrected chi connectivity index (χ3v) is 3.10. The smallest absolute Gasteiger partial charge is 0.271 e. The average molecular weight is 277 g/mol. The molecule has 0 radical (unpaired) electrons.